The molecule has 0 saturated heterocycles. The molecular weight excluding hydrogens is 194 g/mol. The van der Waals surface area contributed by atoms with Gasteiger partial charge in [0.15, 0.2) is 5.76 Å². The predicted octanol–water partition coefficient (Wildman–Crippen LogP) is 1.36. The first-order valence-electron chi connectivity index (χ1n) is 4.85. The van der Waals surface area contributed by atoms with Crippen molar-refractivity contribution in [1.82, 2.24) is 14.9 Å². The Morgan fingerprint density at radius 2 is 2.33 bits per heavy atom. The molecule has 1 N–H and O–H groups in total. The third-order valence-corrected chi connectivity index (χ3v) is 2.26. The number of aliphatic hydroxyl groups excluding tert-OH is 1. The summed E-state index contributed by atoms with van der Waals surface area (Å²) in [6.45, 7) is 4.66. The van der Waals surface area contributed by atoms with E-state index in [9.17, 15) is 0 Å². The molecular formula is C10H13N3O2. The SMILES string of the molecule is CCn1cc(-c2cc(CO)no2)c(C)n1. The number of rotatable bonds is 3. The summed E-state index contributed by atoms with van der Waals surface area (Å²) in [5.41, 5.74) is 2.36. The van der Waals surface area contributed by atoms with Crippen LogP contribution in [0, 0.1) is 6.92 Å². The van der Waals surface area contributed by atoms with Gasteiger partial charge >= 0.3 is 0 Å². The third kappa shape index (κ3) is 1.78. The molecule has 0 aliphatic heterocycles. The molecule has 0 saturated carbocycles. The fourth-order valence-corrected chi connectivity index (χ4v) is 1.44. The minimum Gasteiger partial charge on any atom is -0.390 e. The Morgan fingerprint density at radius 1 is 1.53 bits per heavy atom. The Morgan fingerprint density at radius 3 is 2.87 bits per heavy atom. The van der Waals surface area contributed by atoms with Crippen molar-refractivity contribution in [3.8, 4) is 11.3 Å². The summed E-state index contributed by atoms with van der Waals surface area (Å²) in [7, 11) is 0. The van der Waals surface area contributed by atoms with Crippen LogP contribution in [0.1, 0.15) is 18.3 Å². The Hall–Kier alpha value is -1.62. The van der Waals surface area contributed by atoms with Crippen LogP contribution in [0.5, 0.6) is 0 Å². The largest absolute Gasteiger partial charge is 0.390 e. The summed E-state index contributed by atoms with van der Waals surface area (Å²) in [5.74, 6) is 0.649. The van der Waals surface area contributed by atoms with Gasteiger partial charge in [-0.05, 0) is 13.8 Å². The summed E-state index contributed by atoms with van der Waals surface area (Å²) in [6.07, 6.45) is 1.91. The normalized spacial score (nSPS) is 10.9. The summed E-state index contributed by atoms with van der Waals surface area (Å²) < 4.78 is 6.96. The maximum Gasteiger partial charge on any atom is 0.170 e. The summed E-state index contributed by atoms with van der Waals surface area (Å²) in [5, 5.41) is 16.9. The highest BCUT2D eigenvalue weighted by atomic mass is 16.5. The number of nitrogens with zero attached hydrogens (tertiary/aromatic N) is 3. The van der Waals surface area contributed by atoms with Crippen molar-refractivity contribution < 1.29 is 9.63 Å². The van der Waals surface area contributed by atoms with Crippen LogP contribution in [-0.4, -0.2) is 20.0 Å². The van der Waals surface area contributed by atoms with Gasteiger partial charge < -0.3 is 9.63 Å². The number of aromatic nitrogens is 3. The van der Waals surface area contributed by atoms with E-state index in [1.807, 2.05) is 24.7 Å². The summed E-state index contributed by atoms with van der Waals surface area (Å²) in [6, 6.07) is 1.73. The Labute approximate surface area is 87.3 Å². The van der Waals surface area contributed by atoms with Gasteiger partial charge in [0, 0.05) is 18.8 Å². The van der Waals surface area contributed by atoms with E-state index in [0.29, 0.717) is 11.5 Å². The average Bonchev–Trinajstić information content (AvgIpc) is 2.83. The van der Waals surface area contributed by atoms with Crippen molar-refractivity contribution in [2.24, 2.45) is 0 Å². The number of aliphatic hydroxyl groups is 1. The van der Waals surface area contributed by atoms with E-state index in [1.165, 1.54) is 0 Å². The second-order valence-electron chi connectivity index (χ2n) is 3.32. The van der Waals surface area contributed by atoms with Crippen LogP contribution in [0.15, 0.2) is 16.8 Å². The smallest absolute Gasteiger partial charge is 0.170 e. The third-order valence-electron chi connectivity index (χ3n) is 2.26. The van der Waals surface area contributed by atoms with Crippen LogP contribution in [-0.2, 0) is 13.2 Å². The minimum absolute atomic E-state index is 0.107. The highest BCUT2D eigenvalue weighted by Gasteiger charge is 2.11. The second kappa shape index (κ2) is 3.86. The van der Waals surface area contributed by atoms with Gasteiger partial charge in [-0.15, -0.1) is 0 Å². The predicted molar refractivity (Wildman–Crippen MR) is 54.1 cm³/mol. The van der Waals surface area contributed by atoms with Crippen molar-refractivity contribution in [3.63, 3.8) is 0 Å². The van der Waals surface area contributed by atoms with Gasteiger partial charge in [-0.1, -0.05) is 5.16 Å². The lowest BCUT2D eigenvalue weighted by atomic mass is 10.2. The molecule has 5 heteroatoms. The highest BCUT2D eigenvalue weighted by Crippen LogP contribution is 2.23. The molecule has 15 heavy (non-hydrogen) atoms. The molecule has 0 spiro atoms. The fourth-order valence-electron chi connectivity index (χ4n) is 1.44. The summed E-state index contributed by atoms with van der Waals surface area (Å²) in [4.78, 5) is 0. The topological polar surface area (TPSA) is 64.1 Å². The fraction of sp³-hybridized carbons (Fsp3) is 0.400. The first-order valence-corrected chi connectivity index (χ1v) is 4.85. The van der Waals surface area contributed by atoms with Gasteiger partial charge in [-0.25, -0.2) is 0 Å². The molecule has 0 aliphatic rings. The zero-order valence-corrected chi connectivity index (χ0v) is 8.77. The maximum atomic E-state index is 8.88. The van der Waals surface area contributed by atoms with Crippen LogP contribution < -0.4 is 0 Å². The van der Waals surface area contributed by atoms with E-state index in [0.717, 1.165) is 17.8 Å². The lowest BCUT2D eigenvalue weighted by Crippen LogP contribution is -1.93. The first kappa shape index (κ1) is 9.92. The van der Waals surface area contributed by atoms with Crippen molar-refractivity contribution in [1.29, 1.82) is 0 Å². The lowest BCUT2D eigenvalue weighted by molar-refractivity contribution is 0.267. The molecule has 0 amide bonds. The van der Waals surface area contributed by atoms with Gasteiger partial charge in [-0.3, -0.25) is 4.68 Å². The van der Waals surface area contributed by atoms with Gasteiger partial charge in [-0.2, -0.15) is 5.10 Å². The van der Waals surface area contributed by atoms with Gasteiger partial charge in [0.2, 0.25) is 0 Å². The van der Waals surface area contributed by atoms with Gasteiger partial charge in [0.25, 0.3) is 0 Å². The monoisotopic (exact) mass is 207 g/mol. The molecule has 0 radical (unpaired) electrons. The van der Waals surface area contributed by atoms with Crippen molar-refractivity contribution in [2.75, 3.05) is 0 Å². The van der Waals surface area contributed by atoms with Crippen LogP contribution in [0.4, 0.5) is 0 Å². The van der Waals surface area contributed by atoms with Crippen molar-refractivity contribution in [2.45, 2.75) is 27.0 Å². The lowest BCUT2D eigenvalue weighted by Gasteiger charge is -1.89. The van der Waals surface area contributed by atoms with Gasteiger partial charge in [0.05, 0.1) is 17.9 Å². The van der Waals surface area contributed by atoms with Crippen LogP contribution >= 0.6 is 0 Å². The zero-order valence-electron chi connectivity index (χ0n) is 8.77. The number of hydrogen-bond acceptors (Lipinski definition) is 4. The van der Waals surface area contributed by atoms with Crippen LogP contribution in [0.25, 0.3) is 11.3 Å². The molecule has 0 aromatic carbocycles. The van der Waals surface area contributed by atoms with Gasteiger partial charge in [0.1, 0.15) is 5.69 Å². The van der Waals surface area contributed by atoms with E-state index < -0.39 is 0 Å². The molecule has 0 unspecified atom stereocenters. The average molecular weight is 207 g/mol. The Bertz CT molecular complexity index is 459. The molecule has 2 aromatic rings. The van der Waals surface area contributed by atoms with E-state index in [-0.39, 0.29) is 6.61 Å². The molecule has 5 nitrogen and oxygen atoms in total. The molecule has 2 rings (SSSR count). The van der Waals surface area contributed by atoms with E-state index in [2.05, 4.69) is 10.3 Å². The molecule has 2 aromatic heterocycles. The molecule has 80 valence electrons. The number of hydrogen-bond donors (Lipinski definition) is 1. The van der Waals surface area contributed by atoms with E-state index in [1.54, 1.807) is 6.07 Å². The van der Waals surface area contributed by atoms with E-state index >= 15 is 0 Å². The molecule has 0 bridgehead atoms. The Balaban J connectivity index is 2.39. The standard InChI is InChI=1S/C10H13N3O2/c1-3-13-5-9(7(2)11-13)10-4-8(6-14)12-15-10/h4-5,14H,3,6H2,1-2H3. The quantitative estimate of drug-likeness (QED) is 0.825. The minimum atomic E-state index is -0.107. The molecule has 0 aliphatic carbocycles. The molecule has 2 heterocycles. The maximum absolute atomic E-state index is 8.88. The molecule has 0 fully saturated rings. The molecule has 0 atom stereocenters. The van der Waals surface area contributed by atoms with Crippen LogP contribution in [0.3, 0.4) is 0 Å². The van der Waals surface area contributed by atoms with Crippen molar-refractivity contribution >= 4 is 0 Å². The van der Waals surface area contributed by atoms with Crippen molar-refractivity contribution in [3.05, 3.63) is 23.7 Å². The Kier molecular flexibility index (Phi) is 2.55. The zero-order chi connectivity index (χ0) is 10.8. The first-order chi connectivity index (χ1) is 7.24. The number of aryl methyl sites for hydroxylation is 2. The second-order valence-corrected chi connectivity index (χ2v) is 3.32. The highest BCUT2D eigenvalue weighted by molar-refractivity contribution is 5.59. The van der Waals surface area contributed by atoms with Crippen LogP contribution in [0.2, 0.25) is 0 Å². The summed E-state index contributed by atoms with van der Waals surface area (Å²) >= 11 is 0. The van der Waals surface area contributed by atoms with E-state index in [4.69, 9.17) is 9.63 Å².